The van der Waals surface area contributed by atoms with Crippen molar-refractivity contribution in [2.75, 3.05) is 18.1 Å². The Morgan fingerprint density at radius 3 is 2.50 bits per heavy atom. The van der Waals surface area contributed by atoms with Crippen molar-refractivity contribution in [1.82, 2.24) is 5.32 Å². The standard InChI is InChI=1S/C17H27NOS/c1-3-18-17(16-10-8-14(2)9-11-16)13-20(19)12-15-6-4-5-7-15/h8-11,15,17-18H,3-7,12-13H2,1-2H3. The number of aryl methyl sites for hydroxylation is 1. The van der Waals surface area contributed by atoms with E-state index in [1.165, 1.54) is 36.8 Å². The van der Waals surface area contributed by atoms with Crippen molar-refractivity contribution in [3.05, 3.63) is 35.4 Å². The molecule has 0 saturated heterocycles. The fourth-order valence-electron chi connectivity index (χ4n) is 3.01. The molecule has 2 unspecified atom stereocenters. The molecule has 0 radical (unpaired) electrons. The maximum absolute atomic E-state index is 12.4. The number of hydrogen-bond acceptors (Lipinski definition) is 2. The van der Waals surface area contributed by atoms with Gasteiger partial charge in [0.05, 0.1) is 0 Å². The average Bonchev–Trinajstić information content (AvgIpc) is 2.92. The Bertz CT molecular complexity index is 423. The second kappa shape index (κ2) is 7.94. The van der Waals surface area contributed by atoms with Crippen molar-refractivity contribution >= 4 is 10.8 Å². The molecule has 1 aromatic carbocycles. The Labute approximate surface area is 125 Å². The first-order valence-corrected chi connectivity index (χ1v) is 9.32. The van der Waals surface area contributed by atoms with E-state index in [2.05, 4.69) is 43.4 Å². The molecule has 0 aliphatic heterocycles. The van der Waals surface area contributed by atoms with Gasteiger partial charge >= 0.3 is 0 Å². The van der Waals surface area contributed by atoms with Gasteiger partial charge in [0.2, 0.25) is 0 Å². The van der Waals surface area contributed by atoms with Crippen LogP contribution in [0.2, 0.25) is 0 Å². The van der Waals surface area contributed by atoms with E-state index in [-0.39, 0.29) is 6.04 Å². The summed E-state index contributed by atoms with van der Waals surface area (Å²) in [4.78, 5) is 0. The highest BCUT2D eigenvalue weighted by Gasteiger charge is 2.20. The maximum atomic E-state index is 12.4. The monoisotopic (exact) mass is 293 g/mol. The summed E-state index contributed by atoms with van der Waals surface area (Å²) in [5.74, 6) is 2.34. The topological polar surface area (TPSA) is 29.1 Å². The Kier molecular flexibility index (Phi) is 6.24. The summed E-state index contributed by atoms with van der Waals surface area (Å²) in [7, 11) is -0.710. The number of hydrogen-bond donors (Lipinski definition) is 1. The Morgan fingerprint density at radius 2 is 1.90 bits per heavy atom. The van der Waals surface area contributed by atoms with Crippen LogP contribution in [0.3, 0.4) is 0 Å². The van der Waals surface area contributed by atoms with Crippen LogP contribution >= 0.6 is 0 Å². The normalized spacial score (nSPS) is 19.1. The van der Waals surface area contributed by atoms with Crippen molar-refractivity contribution in [3.63, 3.8) is 0 Å². The van der Waals surface area contributed by atoms with Crippen molar-refractivity contribution in [2.45, 2.75) is 45.6 Å². The van der Waals surface area contributed by atoms with Gasteiger partial charge in [-0.05, 0) is 37.8 Å². The summed E-state index contributed by atoms with van der Waals surface area (Å²) in [6.45, 7) is 5.13. The molecule has 3 heteroatoms. The van der Waals surface area contributed by atoms with Crippen LogP contribution in [0.15, 0.2) is 24.3 Å². The molecule has 0 aromatic heterocycles. The van der Waals surface area contributed by atoms with E-state index in [1.807, 2.05) is 0 Å². The molecule has 2 nitrogen and oxygen atoms in total. The van der Waals surface area contributed by atoms with E-state index in [0.29, 0.717) is 5.92 Å². The molecule has 2 rings (SSSR count). The van der Waals surface area contributed by atoms with Gasteiger partial charge in [-0.2, -0.15) is 0 Å². The van der Waals surface area contributed by atoms with E-state index >= 15 is 0 Å². The Morgan fingerprint density at radius 1 is 1.25 bits per heavy atom. The lowest BCUT2D eigenvalue weighted by atomic mass is 10.1. The lowest BCUT2D eigenvalue weighted by Crippen LogP contribution is -2.27. The molecule has 1 aromatic rings. The Hall–Kier alpha value is -0.670. The van der Waals surface area contributed by atoms with E-state index < -0.39 is 10.8 Å². The maximum Gasteiger partial charge on any atom is 0.0436 e. The number of rotatable bonds is 7. The van der Waals surface area contributed by atoms with E-state index in [4.69, 9.17) is 0 Å². The predicted molar refractivity (Wildman–Crippen MR) is 87.4 cm³/mol. The fraction of sp³-hybridized carbons (Fsp3) is 0.647. The molecule has 112 valence electrons. The van der Waals surface area contributed by atoms with Gasteiger partial charge in [-0.1, -0.05) is 49.6 Å². The molecule has 1 fully saturated rings. The third-order valence-electron chi connectivity index (χ3n) is 4.18. The van der Waals surface area contributed by atoms with Crippen molar-refractivity contribution in [2.24, 2.45) is 5.92 Å². The van der Waals surface area contributed by atoms with Crippen LogP contribution < -0.4 is 5.32 Å². The van der Waals surface area contributed by atoms with Crippen molar-refractivity contribution in [3.8, 4) is 0 Å². The fourth-order valence-corrected chi connectivity index (χ4v) is 4.69. The molecule has 1 aliphatic rings. The third kappa shape index (κ3) is 4.71. The van der Waals surface area contributed by atoms with Gasteiger partial charge in [0.1, 0.15) is 0 Å². The number of benzene rings is 1. The van der Waals surface area contributed by atoms with Crippen LogP contribution in [0, 0.1) is 12.8 Å². The highest BCUT2D eigenvalue weighted by molar-refractivity contribution is 7.85. The van der Waals surface area contributed by atoms with Gasteiger partial charge in [0.15, 0.2) is 0 Å². The summed E-state index contributed by atoms with van der Waals surface area (Å²) in [6, 6.07) is 8.83. The van der Waals surface area contributed by atoms with Crippen LogP contribution in [0.25, 0.3) is 0 Å². The van der Waals surface area contributed by atoms with Gasteiger partial charge in [0, 0.05) is 28.3 Å². The summed E-state index contributed by atoms with van der Waals surface area (Å²) in [5, 5.41) is 3.48. The smallest absolute Gasteiger partial charge is 0.0436 e. The lowest BCUT2D eigenvalue weighted by Gasteiger charge is -2.19. The molecular formula is C17H27NOS. The van der Waals surface area contributed by atoms with Gasteiger partial charge < -0.3 is 5.32 Å². The molecule has 0 heterocycles. The second-order valence-corrected chi connectivity index (χ2v) is 7.49. The van der Waals surface area contributed by atoms with Crippen LogP contribution in [0.4, 0.5) is 0 Å². The molecule has 1 saturated carbocycles. The van der Waals surface area contributed by atoms with Gasteiger partial charge in [-0.3, -0.25) is 4.21 Å². The average molecular weight is 293 g/mol. The Balaban J connectivity index is 1.93. The molecule has 1 N–H and O–H groups in total. The van der Waals surface area contributed by atoms with Crippen LogP contribution in [0.1, 0.15) is 49.8 Å². The summed E-state index contributed by atoms with van der Waals surface area (Å²) >= 11 is 0. The molecule has 2 atom stereocenters. The largest absolute Gasteiger partial charge is 0.309 e. The van der Waals surface area contributed by atoms with E-state index in [1.54, 1.807) is 0 Å². The molecule has 0 spiro atoms. The first kappa shape index (κ1) is 15.7. The first-order valence-electron chi connectivity index (χ1n) is 7.84. The summed E-state index contributed by atoms with van der Waals surface area (Å²) in [5.41, 5.74) is 2.54. The van der Waals surface area contributed by atoms with Crippen LogP contribution in [-0.4, -0.2) is 22.3 Å². The minimum absolute atomic E-state index is 0.225. The zero-order valence-electron chi connectivity index (χ0n) is 12.7. The molecule has 0 amide bonds. The van der Waals surface area contributed by atoms with Gasteiger partial charge in [-0.25, -0.2) is 0 Å². The summed E-state index contributed by atoms with van der Waals surface area (Å²) in [6.07, 6.45) is 5.22. The highest BCUT2D eigenvalue weighted by Crippen LogP contribution is 2.26. The molecule has 0 bridgehead atoms. The second-order valence-electron chi connectivity index (χ2n) is 5.94. The minimum atomic E-state index is -0.710. The van der Waals surface area contributed by atoms with Crippen molar-refractivity contribution < 1.29 is 4.21 Å². The zero-order valence-corrected chi connectivity index (χ0v) is 13.5. The number of nitrogens with one attached hydrogen (secondary N) is 1. The highest BCUT2D eigenvalue weighted by atomic mass is 32.2. The van der Waals surface area contributed by atoms with Gasteiger partial charge in [0.25, 0.3) is 0 Å². The minimum Gasteiger partial charge on any atom is -0.309 e. The quantitative estimate of drug-likeness (QED) is 0.832. The zero-order chi connectivity index (χ0) is 14.4. The van der Waals surface area contributed by atoms with E-state index in [9.17, 15) is 4.21 Å². The third-order valence-corrected chi connectivity index (χ3v) is 5.73. The molecule has 20 heavy (non-hydrogen) atoms. The van der Waals surface area contributed by atoms with Crippen molar-refractivity contribution in [1.29, 1.82) is 0 Å². The van der Waals surface area contributed by atoms with Crippen LogP contribution in [0.5, 0.6) is 0 Å². The van der Waals surface area contributed by atoms with Gasteiger partial charge in [-0.15, -0.1) is 0 Å². The molecular weight excluding hydrogens is 266 g/mol. The first-order chi connectivity index (χ1) is 9.69. The predicted octanol–water partition coefficient (Wildman–Crippen LogP) is 3.58. The SMILES string of the molecule is CCNC(CS(=O)CC1CCCC1)c1ccc(C)cc1. The van der Waals surface area contributed by atoms with E-state index in [0.717, 1.165) is 18.1 Å². The lowest BCUT2D eigenvalue weighted by molar-refractivity contribution is 0.579. The summed E-state index contributed by atoms with van der Waals surface area (Å²) < 4.78 is 12.4. The molecule has 1 aliphatic carbocycles. The van der Waals surface area contributed by atoms with Crippen LogP contribution in [-0.2, 0) is 10.8 Å².